The van der Waals surface area contributed by atoms with Gasteiger partial charge in [-0.3, -0.25) is 4.79 Å². The topological polar surface area (TPSA) is 56.0 Å². The molecule has 0 spiro atoms. The Morgan fingerprint density at radius 2 is 2.27 bits per heavy atom. The lowest BCUT2D eigenvalue weighted by Crippen LogP contribution is -2.12. The number of rotatable bonds is 3. The van der Waals surface area contributed by atoms with Gasteiger partial charge < -0.3 is 4.52 Å². The second-order valence-corrected chi connectivity index (χ2v) is 5.05. The van der Waals surface area contributed by atoms with Gasteiger partial charge >= 0.3 is 0 Å². The first kappa shape index (κ1) is 10.7. The predicted molar refractivity (Wildman–Crippen MR) is 58.1 cm³/mol. The summed E-state index contributed by atoms with van der Waals surface area (Å²) >= 11 is 2.00. The molecule has 0 aliphatic carbocycles. The Kier molecular flexibility index (Phi) is 3.41. The Morgan fingerprint density at radius 3 is 2.87 bits per heavy atom. The summed E-state index contributed by atoms with van der Waals surface area (Å²) in [6, 6.07) is 0. The van der Waals surface area contributed by atoms with E-state index in [9.17, 15) is 4.79 Å². The number of hydrogen-bond acceptors (Lipinski definition) is 5. The van der Waals surface area contributed by atoms with Crippen LogP contribution in [0.15, 0.2) is 4.52 Å². The smallest absolute Gasteiger partial charge is 0.238 e. The number of carbonyl (C=O) groups is 1. The lowest BCUT2D eigenvalue weighted by molar-refractivity contribution is 0.100. The van der Waals surface area contributed by atoms with Crippen molar-refractivity contribution < 1.29 is 9.32 Å². The minimum Gasteiger partial charge on any atom is -0.339 e. The molecule has 0 radical (unpaired) electrons. The summed E-state index contributed by atoms with van der Waals surface area (Å²) < 4.78 is 5.04. The summed E-state index contributed by atoms with van der Waals surface area (Å²) in [7, 11) is 0. The SMILES string of the molecule is CC(=O)c1noc(CC2CCSCC2)n1. The average molecular weight is 226 g/mol. The monoisotopic (exact) mass is 226 g/mol. The van der Waals surface area contributed by atoms with Crippen LogP contribution in [0.1, 0.15) is 36.3 Å². The first-order valence-electron chi connectivity index (χ1n) is 5.17. The van der Waals surface area contributed by atoms with Gasteiger partial charge in [-0.25, -0.2) is 0 Å². The molecule has 1 aliphatic rings. The van der Waals surface area contributed by atoms with Gasteiger partial charge in [0.05, 0.1) is 0 Å². The van der Waals surface area contributed by atoms with Crippen molar-refractivity contribution >= 4 is 17.5 Å². The van der Waals surface area contributed by atoms with Crippen LogP contribution >= 0.6 is 11.8 Å². The van der Waals surface area contributed by atoms with E-state index in [1.807, 2.05) is 11.8 Å². The van der Waals surface area contributed by atoms with Crippen LogP contribution in [0.2, 0.25) is 0 Å². The zero-order chi connectivity index (χ0) is 10.7. The number of Topliss-reactive ketones (excluding diaryl/α,β-unsaturated/α-hetero) is 1. The summed E-state index contributed by atoms with van der Waals surface area (Å²) in [6.45, 7) is 1.45. The van der Waals surface area contributed by atoms with Crippen LogP contribution in [0.4, 0.5) is 0 Å². The molecule has 0 bridgehead atoms. The summed E-state index contributed by atoms with van der Waals surface area (Å²) in [5.41, 5.74) is 0. The van der Waals surface area contributed by atoms with Gasteiger partial charge in [0.15, 0.2) is 0 Å². The maximum Gasteiger partial charge on any atom is 0.238 e. The summed E-state index contributed by atoms with van der Waals surface area (Å²) in [5, 5.41) is 3.64. The van der Waals surface area contributed by atoms with Crippen molar-refractivity contribution in [1.29, 1.82) is 0 Å². The molecule has 0 saturated carbocycles. The number of thioether (sulfide) groups is 1. The Hall–Kier alpha value is -0.840. The second kappa shape index (κ2) is 4.79. The number of aromatic nitrogens is 2. The highest BCUT2D eigenvalue weighted by Crippen LogP contribution is 2.25. The van der Waals surface area contributed by atoms with Crippen molar-refractivity contribution in [2.24, 2.45) is 5.92 Å². The van der Waals surface area contributed by atoms with Crippen LogP contribution in [0.25, 0.3) is 0 Å². The normalized spacial score (nSPS) is 17.9. The van der Waals surface area contributed by atoms with Crippen LogP contribution < -0.4 is 0 Å². The van der Waals surface area contributed by atoms with Crippen molar-refractivity contribution in [3.8, 4) is 0 Å². The first-order valence-corrected chi connectivity index (χ1v) is 6.32. The van der Waals surface area contributed by atoms with Crippen LogP contribution in [0.3, 0.4) is 0 Å². The van der Waals surface area contributed by atoms with E-state index in [2.05, 4.69) is 10.1 Å². The van der Waals surface area contributed by atoms with E-state index >= 15 is 0 Å². The molecule has 2 rings (SSSR count). The van der Waals surface area contributed by atoms with Crippen molar-refractivity contribution in [3.63, 3.8) is 0 Å². The highest BCUT2D eigenvalue weighted by atomic mass is 32.2. The fourth-order valence-electron chi connectivity index (χ4n) is 1.68. The third-order valence-corrected chi connectivity index (χ3v) is 3.64. The molecule has 0 atom stereocenters. The summed E-state index contributed by atoms with van der Waals surface area (Å²) in [6.07, 6.45) is 3.24. The van der Waals surface area contributed by atoms with Crippen molar-refractivity contribution in [2.45, 2.75) is 26.2 Å². The van der Waals surface area contributed by atoms with Crippen LogP contribution in [0, 0.1) is 5.92 Å². The molecule has 82 valence electrons. The quantitative estimate of drug-likeness (QED) is 0.737. The Bertz CT molecular complexity index is 345. The molecule has 1 fully saturated rings. The number of hydrogen-bond donors (Lipinski definition) is 0. The lowest BCUT2D eigenvalue weighted by atomic mass is 9.99. The van der Waals surface area contributed by atoms with E-state index in [1.165, 1.54) is 31.3 Å². The molecule has 0 amide bonds. The fraction of sp³-hybridized carbons (Fsp3) is 0.700. The van der Waals surface area contributed by atoms with E-state index in [0.29, 0.717) is 11.8 Å². The van der Waals surface area contributed by atoms with E-state index in [-0.39, 0.29) is 11.6 Å². The van der Waals surface area contributed by atoms with Crippen LogP contribution in [-0.4, -0.2) is 27.4 Å². The van der Waals surface area contributed by atoms with Crippen molar-refractivity contribution in [1.82, 2.24) is 10.1 Å². The molecule has 0 N–H and O–H groups in total. The van der Waals surface area contributed by atoms with Gasteiger partial charge in [0.2, 0.25) is 17.5 Å². The zero-order valence-electron chi connectivity index (χ0n) is 8.73. The summed E-state index contributed by atoms with van der Waals surface area (Å²) in [5.74, 6) is 3.76. The molecule has 1 aliphatic heterocycles. The molecule has 4 nitrogen and oxygen atoms in total. The van der Waals surface area contributed by atoms with E-state index in [1.54, 1.807) is 0 Å². The molecule has 1 aromatic rings. The molecule has 0 unspecified atom stereocenters. The third-order valence-electron chi connectivity index (χ3n) is 2.59. The molecule has 1 aromatic heterocycles. The summed E-state index contributed by atoms with van der Waals surface area (Å²) in [4.78, 5) is 15.0. The zero-order valence-corrected chi connectivity index (χ0v) is 9.55. The standard InChI is InChI=1S/C10H14N2O2S/c1-7(13)10-11-9(14-12-10)6-8-2-4-15-5-3-8/h8H,2-6H2,1H3. The van der Waals surface area contributed by atoms with Gasteiger partial charge in [-0.1, -0.05) is 5.16 Å². The largest absolute Gasteiger partial charge is 0.339 e. The lowest BCUT2D eigenvalue weighted by Gasteiger charge is -2.19. The van der Waals surface area contributed by atoms with Crippen molar-refractivity contribution in [2.75, 3.05) is 11.5 Å². The van der Waals surface area contributed by atoms with Crippen LogP contribution in [-0.2, 0) is 6.42 Å². The second-order valence-electron chi connectivity index (χ2n) is 3.83. The molecular weight excluding hydrogens is 212 g/mol. The number of ketones is 1. The fourth-order valence-corrected chi connectivity index (χ4v) is 2.88. The first-order chi connectivity index (χ1) is 7.25. The van der Waals surface area contributed by atoms with Crippen molar-refractivity contribution in [3.05, 3.63) is 11.7 Å². The van der Waals surface area contributed by atoms with Gasteiger partial charge in [-0.2, -0.15) is 16.7 Å². The number of carbonyl (C=O) groups excluding carboxylic acids is 1. The predicted octanol–water partition coefficient (Wildman–Crippen LogP) is 1.96. The van der Waals surface area contributed by atoms with Gasteiger partial charge in [0.1, 0.15) is 0 Å². The third kappa shape index (κ3) is 2.81. The molecular formula is C10H14N2O2S. The highest BCUT2D eigenvalue weighted by molar-refractivity contribution is 7.99. The number of nitrogens with zero attached hydrogens (tertiary/aromatic N) is 2. The molecule has 1 saturated heterocycles. The molecule has 0 aromatic carbocycles. The van der Waals surface area contributed by atoms with Gasteiger partial charge in [-0.05, 0) is 30.3 Å². The minimum atomic E-state index is -0.135. The maximum absolute atomic E-state index is 11.0. The van der Waals surface area contributed by atoms with Gasteiger partial charge in [-0.15, -0.1) is 0 Å². The Labute approximate surface area is 92.8 Å². The van der Waals surface area contributed by atoms with E-state index < -0.39 is 0 Å². The molecule has 15 heavy (non-hydrogen) atoms. The Morgan fingerprint density at radius 1 is 1.53 bits per heavy atom. The van der Waals surface area contributed by atoms with Gasteiger partial charge in [0, 0.05) is 13.3 Å². The van der Waals surface area contributed by atoms with Crippen LogP contribution in [0.5, 0.6) is 0 Å². The van der Waals surface area contributed by atoms with E-state index in [4.69, 9.17) is 4.52 Å². The average Bonchev–Trinajstić information content (AvgIpc) is 2.68. The minimum absolute atomic E-state index is 0.135. The molecule has 2 heterocycles. The Balaban J connectivity index is 1.94. The molecule has 5 heteroatoms. The van der Waals surface area contributed by atoms with Gasteiger partial charge in [0.25, 0.3) is 0 Å². The van der Waals surface area contributed by atoms with E-state index in [0.717, 1.165) is 6.42 Å². The maximum atomic E-state index is 11.0. The highest BCUT2D eigenvalue weighted by Gasteiger charge is 2.18.